The van der Waals surface area contributed by atoms with Gasteiger partial charge < -0.3 is 15.2 Å². The summed E-state index contributed by atoms with van der Waals surface area (Å²) in [6.07, 6.45) is 2.06. The van der Waals surface area contributed by atoms with Gasteiger partial charge in [0.2, 0.25) is 0 Å². The van der Waals surface area contributed by atoms with Gasteiger partial charge in [0.25, 0.3) is 5.91 Å². The van der Waals surface area contributed by atoms with Gasteiger partial charge in [-0.05, 0) is 30.2 Å². The van der Waals surface area contributed by atoms with Gasteiger partial charge in [0, 0.05) is 11.8 Å². The third-order valence-corrected chi connectivity index (χ3v) is 5.69. The quantitative estimate of drug-likeness (QED) is 0.473. The van der Waals surface area contributed by atoms with E-state index in [1.807, 2.05) is 60.7 Å². The molecule has 7 nitrogen and oxygen atoms in total. The van der Waals surface area contributed by atoms with Crippen molar-refractivity contribution in [3.63, 3.8) is 0 Å². The van der Waals surface area contributed by atoms with Crippen molar-refractivity contribution < 1.29 is 14.3 Å². The molecule has 1 amide bonds. The molecule has 1 aliphatic heterocycles. The summed E-state index contributed by atoms with van der Waals surface area (Å²) in [5.41, 5.74) is 9.63. The minimum Gasteiger partial charge on any atom is -0.365 e. The second-order valence-electron chi connectivity index (χ2n) is 7.89. The molecule has 0 bridgehead atoms. The Labute approximate surface area is 191 Å². The fourth-order valence-electron chi connectivity index (χ4n) is 4.06. The zero-order valence-electron chi connectivity index (χ0n) is 18.0. The van der Waals surface area contributed by atoms with Crippen molar-refractivity contribution in [1.82, 2.24) is 14.8 Å². The molecule has 4 aromatic rings. The maximum Gasteiger partial charge on any atom is 0.252 e. The van der Waals surface area contributed by atoms with Gasteiger partial charge in [0.05, 0.1) is 36.1 Å². The number of nitrogens with two attached hydrogens (primary N) is 1. The van der Waals surface area contributed by atoms with Crippen LogP contribution >= 0.6 is 0 Å². The van der Waals surface area contributed by atoms with Crippen molar-refractivity contribution in [2.75, 3.05) is 13.2 Å². The Morgan fingerprint density at radius 2 is 1.67 bits per heavy atom. The molecular weight excluding hydrogens is 416 g/mol. The predicted octanol–water partition coefficient (Wildman–Crippen LogP) is 3.73. The van der Waals surface area contributed by atoms with E-state index in [0.717, 1.165) is 22.5 Å². The van der Waals surface area contributed by atoms with Crippen LogP contribution < -0.4 is 5.73 Å². The van der Waals surface area contributed by atoms with Gasteiger partial charge in [-0.25, -0.2) is 9.67 Å². The van der Waals surface area contributed by atoms with Gasteiger partial charge in [0.15, 0.2) is 12.1 Å². The number of hydrogen-bond donors (Lipinski definition) is 1. The summed E-state index contributed by atoms with van der Waals surface area (Å²) in [4.78, 5) is 17.0. The molecule has 1 aliphatic rings. The summed E-state index contributed by atoms with van der Waals surface area (Å²) in [5.74, 6) is -0.327. The molecule has 166 valence electrons. The van der Waals surface area contributed by atoms with Crippen LogP contribution in [0.25, 0.3) is 17.1 Å². The van der Waals surface area contributed by atoms with Crippen LogP contribution in [0.1, 0.15) is 27.5 Å². The first-order valence-electron chi connectivity index (χ1n) is 10.9. The van der Waals surface area contributed by atoms with Gasteiger partial charge >= 0.3 is 0 Å². The fourth-order valence-corrected chi connectivity index (χ4v) is 4.06. The number of rotatable bonds is 7. The molecule has 7 heteroatoms. The second-order valence-corrected chi connectivity index (χ2v) is 7.89. The molecule has 1 saturated heterocycles. The van der Waals surface area contributed by atoms with Crippen molar-refractivity contribution in [3.8, 4) is 17.1 Å². The monoisotopic (exact) mass is 440 g/mol. The van der Waals surface area contributed by atoms with Crippen LogP contribution in [0.3, 0.4) is 0 Å². The number of primary amides is 1. The highest BCUT2D eigenvalue weighted by atomic mass is 16.7. The number of nitrogens with zero attached hydrogens (tertiary/aromatic N) is 3. The normalized spacial score (nSPS) is 14.9. The molecule has 2 aromatic heterocycles. The topological polar surface area (TPSA) is 92.3 Å². The number of amides is 1. The number of hydrogen-bond acceptors (Lipinski definition) is 5. The van der Waals surface area contributed by atoms with Gasteiger partial charge in [-0.15, -0.1) is 0 Å². The van der Waals surface area contributed by atoms with E-state index in [-0.39, 0.29) is 5.92 Å². The van der Waals surface area contributed by atoms with E-state index in [2.05, 4.69) is 17.2 Å². The Hall–Kier alpha value is -3.81. The Bertz CT molecular complexity index is 1230. The molecule has 33 heavy (non-hydrogen) atoms. The zero-order valence-corrected chi connectivity index (χ0v) is 18.0. The second kappa shape index (κ2) is 9.36. The van der Waals surface area contributed by atoms with E-state index in [0.29, 0.717) is 31.0 Å². The maximum absolute atomic E-state index is 12.2. The molecule has 0 spiro atoms. The van der Waals surface area contributed by atoms with Crippen molar-refractivity contribution in [2.24, 2.45) is 5.73 Å². The highest BCUT2D eigenvalue weighted by Crippen LogP contribution is 2.30. The standard InChI is InChI=1S/C26H24N4O3/c27-24(31)20-11-12-23(21(26-32-15-16-33-26)17-18-7-3-1-4-8-18)28-25(20)30-14-13-22(29-30)19-9-5-2-6-10-19/h1-14,21,26H,15-17H2,(H2,27,31)/t21-/m0/s1. The van der Waals surface area contributed by atoms with Crippen LogP contribution in [0.5, 0.6) is 0 Å². The molecule has 0 saturated carbocycles. The largest absolute Gasteiger partial charge is 0.365 e. The van der Waals surface area contributed by atoms with E-state index >= 15 is 0 Å². The third-order valence-electron chi connectivity index (χ3n) is 5.69. The molecule has 0 radical (unpaired) electrons. The number of aromatic nitrogens is 3. The molecule has 2 aromatic carbocycles. The number of benzene rings is 2. The number of pyridine rings is 1. The van der Waals surface area contributed by atoms with Gasteiger partial charge in [0.1, 0.15) is 0 Å². The van der Waals surface area contributed by atoms with Crippen LogP contribution in [0.15, 0.2) is 85.1 Å². The Morgan fingerprint density at radius 1 is 0.970 bits per heavy atom. The predicted molar refractivity (Wildman–Crippen MR) is 124 cm³/mol. The van der Waals surface area contributed by atoms with E-state index < -0.39 is 12.2 Å². The summed E-state index contributed by atoms with van der Waals surface area (Å²) >= 11 is 0. The van der Waals surface area contributed by atoms with E-state index in [9.17, 15) is 4.79 Å². The molecule has 1 fully saturated rings. The number of carbonyl (C=O) groups is 1. The summed E-state index contributed by atoms with van der Waals surface area (Å²) < 4.78 is 13.3. The first kappa shape index (κ1) is 21.1. The number of carbonyl (C=O) groups excluding carboxylic acids is 1. The smallest absolute Gasteiger partial charge is 0.252 e. The van der Waals surface area contributed by atoms with E-state index in [1.54, 1.807) is 16.9 Å². The minimum atomic E-state index is -0.561. The van der Waals surface area contributed by atoms with Gasteiger partial charge in [-0.3, -0.25) is 4.79 Å². The van der Waals surface area contributed by atoms with Gasteiger partial charge in [-0.1, -0.05) is 60.7 Å². The first-order valence-corrected chi connectivity index (χ1v) is 10.9. The summed E-state index contributed by atoms with van der Waals surface area (Å²) in [5, 5.41) is 4.66. The maximum atomic E-state index is 12.2. The van der Waals surface area contributed by atoms with Crippen LogP contribution in [-0.4, -0.2) is 40.2 Å². The van der Waals surface area contributed by atoms with Crippen LogP contribution in [0.4, 0.5) is 0 Å². The van der Waals surface area contributed by atoms with Crippen molar-refractivity contribution in [3.05, 3.63) is 102 Å². The molecule has 5 rings (SSSR count). The van der Waals surface area contributed by atoms with Crippen LogP contribution in [0.2, 0.25) is 0 Å². The lowest BCUT2D eigenvalue weighted by molar-refractivity contribution is -0.0617. The van der Waals surface area contributed by atoms with Crippen LogP contribution in [-0.2, 0) is 15.9 Å². The highest BCUT2D eigenvalue weighted by Gasteiger charge is 2.30. The lowest BCUT2D eigenvalue weighted by Gasteiger charge is -2.23. The molecule has 3 heterocycles. The summed E-state index contributed by atoms with van der Waals surface area (Å²) in [6, 6.07) is 25.4. The van der Waals surface area contributed by atoms with Crippen molar-refractivity contribution in [2.45, 2.75) is 18.6 Å². The molecule has 1 atom stereocenters. The SMILES string of the molecule is NC(=O)c1ccc([C@H](Cc2ccccc2)C2OCCO2)nc1-n1ccc(-c2ccccc2)n1. The van der Waals surface area contributed by atoms with E-state index in [1.165, 1.54) is 0 Å². The molecule has 2 N–H and O–H groups in total. The Kier molecular flexibility index (Phi) is 5.97. The Morgan fingerprint density at radius 3 is 2.36 bits per heavy atom. The summed E-state index contributed by atoms with van der Waals surface area (Å²) in [6.45, 7) is 1.09. The zero-order chi connectivity index (χ0) is 22.6. The van der Waals surface area contributed by atoms with E-state index in [4.69, 9.17) is 20.2 Å². The lowest BCUT2D eigenvalue weighted by atomic mass is 9.94. The van der Waals surface area contributed by atoms with Crippen molar-refractivity contribution in [1.29, 1.82) is 0 Å². The molecule has 0 aliphatic carbocycles. The number of ether oxygens (including phenoxy) is 2. The molecule has 0 unspecified atom stereocenters. The third kappa shape index (κ3) is 4.55. The average Bonchev–Trinajstić information content (AvgIpc) is 3.56. The van der Waals surface area contributed by atoms with Crippen molar-refractivity contribution >= 4 is 5.91 Å². The Balaban J connectivity index is 1.55. The molecular formula is C26H24N4O3. The summed E-state index contributed by atoms with van der Waals surface area (Å²) in [7, 11) is 0. The minimum absolute atomic E-state index is 0.153. The highest BCUT2D eigenvalue weighted by molar-refractivity contribution is 5.95. The lowest BCUT2D eigenvalue weighted by Crippen LogP contribution is -2.24. The van der Waals surface area contributed by atoms with Crippen LogP contribution in [0, 0.1) is 0 Å². The average molecular weight is 441 g/mol. The van der Waals surface area contributed by atoms with Gasteiger partial charge in [-0.2, -0.15) is 5.10 Å². The fraction of sp³-hybridized carbons (Fsp3) is 0.192. The first-order chi connectivity index (χ1) is 16.2.